The minimum atomic E-state index is -0.799. The van der Waals surface area contributed by atoms with Crippen LogP contribution in [-0.2, 0) is 27.5 Å². The molecule has 3 N–H and O–H groups in total. The largest absolute Gasteiger partial charge is 0.350 e. The van der Waals surface area contributed by atoms with Gasteiger partial charge in [0, 0.05) is 26.6 Å². The summed E-state index contributed by atoms with van der Waals surface area (Å²) in [5, 5.41) is 8.81. The molecular weight excluding hydrogens is 392 g/mol. The van der Waals surface area contributed by atoms with Crippen molar-refractivity contribution in [1.82, 2.24) is 20.9 Å². The van der Waals surface area contributed by atoms with Gasteiger partial charge in [-0.2, -0.15) is 0 Å². The van der Waals surface area contributed by atoms with Crippen molar-refractivity contribution in [1.29, 1.82) is 0 Å². The SMILES string of the molecule is CNCc1ccc(CNC(=O)C2CCCN2C(=O)C(NC(C)=O)c2ccccc2)cc1. The average molecular weight is 423 g/mol. The quantitative estimate of drug-likeness (QED) is 0.606. The number of likely N-dealkylation sites (tertiary alicyclic amines) is 1. The lowest BCUT2D eigenvalue weighted by Gasteiger charge is -2.28. The molecule has 1 heterocycles. The normalized spacial score (nSPS) is 16.6. The second-order valence-electron chi connectivity index (χ2n) is 7.80. The molecule has 0 radical (unpaired) electrons. The summed E-state index contributed by atoms with van der Waals surface area (Å²) in [5.41, 5.74) is 2.88. The summed E-state index contributed by atoms with van der Waals surface area (Å²) in [4.78, 5) is 39.5. The van der Waals surface area contributed by atoms with Crippen LogP contribution < -0.4 is 16.0 Å². The first-order valence-electron chi connectivity index (χ1n) is 10.6. The van der Waals surface area contributed by atoms with E-state index < -0.39 is 12.1 Å². The molecule has 1 aliphatic rings. The molecule has 0 spiro atoms. The number of hydrogen-bond donors (Lipinski definition) is 3. The van der Waals surface area contributed by atoms with E-state index in [9.17, 15) is 14.4 Å². The highest BCUT2D eigenvalue weighted by Gasteiger charge is 2.37. The number of benzene rings is 2. The molecule has 3 amide bonds. The molecule has 0 aliphatic carbocycles. The van der Waals surface area contributed by atoms with E-state index in [1.165, 1.54) is 12.5 Å². The summed E-state index contributed by atoms with van der Waals surface area (Å²) in [6.07, 6.45) is 1.37. The molecule has 2 atom stereocenters. The number of rotatable bonds is 8. The van der Waals surface area contributed by atoms with Crippen molar-refractivity contribution in [2.24, 2.45) is 0 Å². The van der Waals surface area contributed by atoms with E-state index in [4.69, 9.17) is 0 Å². The van der Waals surface area contributed by atoms with E-state index in [2.05, 4.69) is 16.0 Å². The van der Waals surface area contributed by atoms with Gasteiger partial charge in [0.1, 0.15) is 12.1 Å². The highest BCUT2D eigenvalue weighted by atomic mass is 16.2. The van der Waals surface area contributed by atoms with Crippen molar-refractivity contribution in [3.05, 3.63) is 71.3 Å². The summed E-state index contributed by atoms with van der Waals surface area (Å²) in [7, 11) is 1.90. The second kappa shape index (κ2) is 10.7. The van der Waals surface area contributed by atoms with Crippen LogP contribution in [0, 0.1) is 0 Å². The highest BCUT2D eigenvalue weighted by Crippen LogP contribution is 2.24. The molecule has 0 aromatic heterocycles. The van der Waals surface area contributed by atoms with Crippen molar-refractivity contribution in [3.63, 3.8) is 0 Å². The summed E-state index contributed by atoms with van der Waals surface area (Å²) in [6, 6.07) is 15.8. The van der Waals surface area contributed by atoms with Crippen LogP contribution in [0.5, 0.6) is 0 Å². The third kappa shape index (κ3) is 5.92. The summed E-state index contributed by atoms with van der Waals surface area (Å²) >= 11 is 0. The number of nitrogens with zero attached hydrogens (tertiary/aromatic N) is 1. The van der Waals surface area contributed by atoms with Gasteiger partial charge in [-0.05, 0) is 36.6 Å². The number of amides is 3. The zero-order chi connectivity index (χ0) is 22.2. The average Bonchev–Trinajstić information content (AvgIpc) is 3.27. The molecule has 3 rings (SSSR count). The van der Waals surface area contributed by atoms with Gasteiger partial charge in [-0.15, -0.1) is 0 Å². The molecule has 2 aromatic rings. The van der Waals surface area contributed by atoms with Crippen LogP contribution in [-0.4, -0.2) is 42.3 Å². The summed E-state index contributed by atoms with van der Waals surface area (Å²) in [6.45, 7) is 3.09. The molecule has 2 aromatic carbocycles. The Bertz CT molecular complexity index is 899. The van der Waals surface area contributed by atoms with Crippen LogP contribution in [0.2, 0.25) is 0 Å². The molecule has 7 nitrogen and oxygen atoms in total. The Morgan fingerprint density at radius 3 is 2.26 bits per heavy atom. The lowest BCUT2D eigenvalue weighted by molar-refractivity contribution is -0.141. The van der Waals surface area contributed by atoms with Gasteiger partial charge in [-0.25, -0.2) is 0 Å². The number of carbonyl (C=O) groups excluding carboxylic acids is 3. The number of hydrogen-bond acceptors (Lipinski definition) is 4. The van der Waals surface area contributed by atoms with Gasteiger partial charge in [-0.1, -0.05) is 54.6 Å². The molecule has 1 saturated heterocycles. The monoisotopic (exact) mass is 422 g/mol. The van der Waals surface area contributed by atoms with Crippen LogP contribution in [0.4, 0.5) is 0 Å². The molecular formula is C24H30N4O3. The first-order chi connectivity index (χ1) is 15.0. The van der Waals surface area contributed by atoms with Gasteiger partial charge in [0.05, 0.1) is 0 Å². The van der Waals surface area contributed by atoms with Crippen molar-refractivity contribution in [2.75, 3.05) is 13.6 Å². The van der Waals surface area contributed by atoms with Gasteiger partial charge in [0.2, 0.25) is 17.7 Å². The summed E-state index contributed by atoms with van der Waals surface area (Å²) < 4.78 is 0. The second-order valence-corrected chi connectivity index (χ2v) is 7.80. The van der Waals surface area contributed by atoms with E-state index in [1.807, 2.05) is 49.5 Å². The topological polar surface area (TPSA) is 90.5 Å². The van der Waals surface area contributed by atoms with E-state index in [0.29, 0.717) is 25.1 Å². The molecule has 0 saturated carbocycles. The Morgan fingerprint density at radius 2 is 1.65 bits per heavy atom. The van der Waals surface area contributed by atoms with Crippen molar-refractivity contribution in [2.45, 2.75) is 44.9 Å². The Kier molecular flexibility index (Phi) is 7.78. The Balaban J connectivity index is 1.66. The summed E-state index contributed by atoms with van der Waals surface area (Å²) in [5.74, 6) is -0.709. The van der Waals surface area contributed by atoms with Crippen molar-refractivity contribution in [3.8, 4) is 0 Å². The lowest BCUT2D eigenvalue weighted by Crippen LogP contribution is -2.49. The fourth-order valence-corrected chi connectivity index (χ4v) is 3.89. The van der Waals surface area contributed by atoms with Crippen molar-refractivity contribution >= 4 is 17.7 Å². The van der Waals surface area contributed by atoms with E-state index in [-0.39, 0.29) is 17.7 Å². The molecule has 1 aliphatic heterocycles. The van der Waals surface area contributed by atoms with Crippen LogP contribution in [0.3, 0.4) is 0 Å². The molecule has 164 valence electrons. The smallest absolute Gasteiger partial charge is 0.250 e. The van der Waals surface area contributed by atoms with Gasteiger partial charge >= 0.3 is 0 Å². The third-order valence-corrected chi connectivity index (χ3v) is 5.44. The maximum absolute atomic E-state index is 13.3. The zero-order valence-corrected chi connectivity index (χ0v) is 18.1. The Morgan fingerprint density at radius 1 is 1.00 bits per heavy atom. The maximum Gasteiger partial charge on any atom is 0.250 e. The van der Waals surface area contributed by atoms with Gasteiger partial charge in [0.15, 0.2) is 0 Å². The van der Waals surface area contributed by atoms with E-state index >= 15 is 0 Å². The number of nitrogens with one attached hydrogen (secondary N) is 3. The van der Waals surface area contributed by atoms with E-state index in [0.717, 1.165) is 18.5 Å². The minimum Gasteiger partial charge on any atom is -0.350 e. The number of carbonyl (C=O) groups is 3. The van der Waals surface area contributed by atoms with Gasteiger partial charge in [-0.3, -0.25) is 14.4 Å². The predicted octanol–water partition coefficient (Wildman–Crippen LogP) is 1.89. The zero-order valence-electron chi connectivity index (χ0n) is 18.1. The standard InChI is InChI=1S/C24H30N4O3/c1-17(29)27-22(20-7-4-3-5-8-20)24(31)28-14-6-9-21(28)23(30)26-16-19-12-10-18(11-13-19)15-25-2/h3-5,7-8,10-13,21-22,25H,6,9,14-16H2,1-2H3,(H,26,30)(H,27,29). The molecule has 7 heteroatoms. The van der Waals surface area contributed by atoms with Crippen LogP contribution in [0.1, 0.15) is 42.5 Å². The highest BCUT2D eigenvalue weighted by molar-refractivity contribution is 5.93. The Labute approximate surface area is 183 Å². The first-order valence-corrected chi connectivity index (χ1v) is 10.6. The molecule has 31 heavy (non-hydrogen) atoms. The Hall–Kier alpha value is -3.19. The first kappa shape index (κ1) is 22.5. The predicted molar refractivity (Wildman–Crippen MR) is 119 cm³/mol. The van der Waals surface area contributed by atoms with E-state index in [1.54, 1.807) is 17.0 Å². The molecule has 0 bridgehead atoms. The lowest BCUT2D eigenvalue weighted by atomic mass is 10.0. The van der Waals surface area contributed by atoms with Gasteiger partial charge < -0.3 is 20.9 Å². The maximum atomic E-state index is 13.3. The fraction of sp³-hybridized carbons (Fsp3) is 0.375. The third-order valence-electron chi connectivity index (χ3n) is 5.44. The fourth-order valence-electron chi connectivity index (χ4n) is 3.89. The molecule has 2 unspecified atom stereocenters. The van der Waals surface area contributed by atoms with Crippen LogP contribution >= 0.6 is 0 Å². The van der Waals surface area contributed by atoms with Crippen molar-refractivity contribution < 1.29 is 14.4 Å². The van der Waals surface area contributed by atoms with Crippen LogP contribution in [0.25, 0.3) is 0 Å². The minimum absolute atomic E-state index is 0.167. The van der Waals surface area contributed by atoms with Crippen LogP contribution in [0.15, 0.2) is 54.6 Å². The molecule has 1 fully saturated rings. The van der Waals surface area contributed by atoms with Gasteiger partial charge in [0.25, 0.3) is 0 Å².